The second-order valence-electron chi connectivity index (χ2n) is 5.28. The van der Waals surface area contributed by atoms with Crippen molar-refractivity contribution in [3.05, 3.63) is 29.8 Å². The largest absolute Gasteiger partial charge is 0.454 e. The molecule has 0 aliphatic carbocycles. The zero-order valence-corrected chi connectivity index (χ0v) is 10.1. The summed E-state index contributed by atoms with van der Waals surface area (Å²) in [6.45, 7) is 7.04. The van der Waals surface area contributed by atoms with Gasteiger partial charge in [-0.15, -0.1) is 0 Å². The van der Waals surface area contributed by atoms with Crippen LogP contribution in [0.3, 0.4) is 0 Å². The fraction of sp³-hybridized carbons (Fsp3) is 0.429. The van der Waals surface area contributed by atoms with Crippen molar-refractivity contribution >= 4 is 6.08 Å². The molecule has 2 heteroatoms. The van der Waals surface area contributed by atoms with Gasteiger partial charge in [0.05, 0.1) is 0 Å². The lowest BCUT2D eigenvalue weighted by Gasteiger charge is -2.14. The summed E-state index contributed by atoms with van der Waals surface area (Å²) >= 11 is 0. The van der Waals surface area contributed by atoms with Gasteiger partial charge in [0.25, 0.3) is 0 Å². The number of allylic oxidation sites excluding steroid dienone is 1. The molecule has 1 heterocycles. The van der Waals surface area contributed by atoms with Crippen LogP contribution in [0.5, 0.6) is 11.5 Å². The quantitative estimate of drug-likeness (QED) is 0.750. The number of benzene rings is 1. The van der Waals surface area contributed by atoms with E-state index in [-0.39, 0.29) is 0 Å². The molecule has 0 unspecified atom stereocenters. The summed E-state index contributed by atoms with van der Waals surface area (Å²) < 4.78 is 10.6. The Morgan fingerprint density at radius 1 is 1.19 bits per heavy atom. The molecule has 1 aliphatic rings. The Hall–Kier alpha value is -1.44. The molecule has 0 saturated carbocycles. The van der Waals surface area contributed by atoms with Crippen molar-refractivity contribution in [2.24, 2.45) is 5.41 Å². The number of ether oxygens (including phenoxy) is 2. The van der Waals surface area contributed by atoms with E-state index < -0.39 is 0 Å². The number of hydrogen-bond acceptors (Lipinski definition) is 2. The standard InChI is InChI=1S/C14H18O2/c1-14(2,3)8-4-5-11-6-7-12-13(9-11)16-10-15-12/h4-7,9H,8,10H2,1-3H3/b5-4-. The second-order valence-corrected chi connectivity index (χ2v) is 5.28. The molecule has 16 heavy (non-hydrogen) atoms. The van der Waals surface area contributed by atoms with E-state index in [1.807, 2.05) is 18.2 Å². The van der Waals surface area contributed by atoms with Crippen molar-refractivity contribution in [2.45, 2.75) is 27.2 Å². The maximum atomic E-state index is 5.33. The van der Waals surface area contributed by atoms with E-state index in [1.165, 1.54) is 0 Å². The Morgan fingerprint density at radius 2 is 1.94 bits per heavy atom. The summed E-state index contributed by atoms with van der Waals surface area (Å²) in [5.74, 6) is 1.69. The molecular weight excluding hydrogens is 200 g/mol. The van der Waals surface area contributed by atoms with Gasteiger partial charge in [0.2, 0.25) is 6.79 Å². The fourth-order valence-electron chi connectivity index (χ4n) is 1.57. The molecule has 1 aliphatic heterocycles. The molecule has 0 bridgehead atoms. The highest BCUT2D eigenvalue weighted by Crippen LogP contribution is 2.33. The van der Waals surface area contributed by atoms with Crippen LogP contribution in [0, 0.1) is 5.41 Å². The summed E-state index contributed by atoms with van der Waals surface area (Å²) in [5, 5.41) is 0. The molecule has 0 atom stereocenters. The fourth-order valence-corrected chi connectivity index (χ4v) is 1.57. The SMILES string of the molecule is CC(C)(C)C/C=C\c1ccc2c(c1)OCO2. The van der Waals surface area contributed by atoms with Crippen molar-refractivity contribution in [3.8, 4) is 11.5 Å². The third kappa shape index (κ3) is 2.78. The van der Waals surface area contributed by atoms with Gasteiger partial charge >= 0.3 is 0 Å². The third-order valence-electron chi connectivity index (χ3n) is 2.44. The molecule has 0 N–H and O–H groups in total. The molecule has 0 saturated heterocycles. The van der Waals surface area contributed by atoms with E-state index in [0.29, 0.717) is 12.2 Å². The summed E-state index contributed by atoms with van der Waals surface area (Å²) in [5.41, 5.74) is 1.50. The van der Waals surface area contributed by atoms with Crippen LogP contribution in [0.1, 0.15) is 32.8 Å². The van der Waals surface area contributed by atoms with Crippen LogP contribution < -0.4 is 9.47 Å². The molecule has 0 amide bonds. The normalized spacial score (nSPS) is 14.7. The molecule has 1 aromatic carbocycles. The van der Waals surface area contributed by atoms with Crippen LogP contribution in [-0.2, 0) is 0 Å². The minimum Gasteiger partial charge on any atom is -0.454 e. The summed E-state index contributed by atoms with van der Waals surface area (Å²) in [6, 6.07) is 6.02. The van der Waals surface area contributed by atoms with Gasteiger partial charge in [0.1, 0.15) is 0 Å². The van der Waals surface area contributed by atoms with Crippen LogP contribution in [0.25, 0.3) is 6.08 Å². The molecule has 0 fully saturated rings. The molecule has 2 nitrogen and oxygen atoms in total. The monoisotopic (exact) mass is 218 g/mol. The molecule has 86 valence electrons. The second kappa shape index (κ2) is 4.20. The van der Waals surface area contributed by atoms with E-state index in [0.717, 1.165) is 23.5 Å². The zero-order chi connectivity index (χ0) is 11.6. The van der Waals surface area contributed by atoms with Gasteiger partial charge in [0, 0.05) is 0 Å². The minimum absolute atomic E-state index is 0.338. The average molecular weight is 218 g/mol. The number of rotatable bonds is 2. The first-order valence-corrected chi connectivity index (χ1v) is 5.61. The predicted molar refractivity (Wildman–Crippen MR) is 65.7 cm³/mol. The predicted octanol–water partition coefficient (Wildman–Crippen LogP) is 3.86. The Bertz CT molecular complexity index is 400. The van der Waals surface area contributed by atoms with E-state index >= 15 is 0 Å². The van der Waals surface area contributed by atoms with Gasteiger partial charge in [-0.25, -0.2) is 0 Å². The third-order valence-corrected chi connectivity index (χ3v) is 2.44. The van der Waals surface area contributed by atoms with Crippen molar-refractivity contribution < 1.29 is 9.47 Å². The van der Waals surface area contributed by atoms with Gasteiger partial charge in [-0.1, -0.05) is 39.0 Å². The smallest absolute Gasteiger partial charge is 0.231 e. The van der Waals surface area contributed by atoms with Crippen LogP contribution in [0.4, 0.5) is 0 Å². The first-order chi connectivity index (χ1) is 7.54. The van der Waals surface area contributed by atoms with Gasteiger partial charge in [-0.2, -0.15) is 0 Å². The van der Waals surface area contributed by atoms with E-state index in [4.69, 9.17) is 9.47 Å². The summed E-state index contributed by atoms with van der Waals surface area (Å²) in [4.78, 5) is 0. The maximum absolute atomic E-state index is 5.33. The van der Waals surface area contributed by atoms with Crippen LogP contribution in [0.15, 0.2) is 24.3 Å². The number of fused-ring (bicyclic) bond motifs is 1. The van der Waals surface area contributed by atoms with E-state index in [2.05, 4.69) is 32.9 Å². The highest BCUT2D eigenvalue weighted by atomic mass is 16.7. The van der Waals surface area contributed by atoms with Crippen molar-refractivity contribution in [2.75, 3.05) is 6.79 Å². The Morgan fingerprint density at radius 3 is 2.69 bits per heavy atom. The zero-order valence-electron chi connectivity index (χ0n) is 10.1. The lowest BCUT2D eigenvalue weighted by molar-refractivity contribution is 0.174. The highest BCUT2D eigenvalue weighted by Gasteiger charge is 2.12. The first-order valence-electron chi connectivity index (χ1n) is 5.61. The molecular formula is C14H18O2. The maximum Gasteiger partial charge on any atom is 0.231 e. The van der Waals surface area contributed by atoms with E-state index in [1.54, 1.807) is 0 Å². The molecule has 0 radical (unpaired) electrons. The topological polar surface area (TPSA) is 18.5 Å². The van der Waals surface area contributed by atoms with Crippen LogP contribution in [-0.4, -0.2) is 6.79 Å². The van der Waals surface area contributed by atoms with Crippen LogP contribution >= 0.6 is 0 Å². The van der Waals surface area contributed by atoms with Crippen molar-refractivity contribution in [1.82, 2.24) is 0 Å². The summed E-state index contributed by atoms with van der Waals surface area (Å²) in [6.07, 6.45) is 5.41. The lowest BCUT2D eigenvalue weighted by atomic mass is 9.92. The lowest BCUT2D eigenvalue weighted by Crippen LogP contribution is -2.01. The molecule has 0 spiro atoms. The van der Waals surface area contributed by atoms with Crippen molar-refractivity contribution in [3.63, 3.8) is 0 Å². The van der Waals surface area contributed by atoms with Gasteiger partial charge in [-0.05, 0) is 29.5 Å². The van der Waals surface area contributed by atoms with Gasteiger partial charge in [-0.3, -0.25) is 0 Å². The Kier molecular flexibility index (Phi) is 2.90. The van der Waals surface area contributed by atoms with Crippen LogP contribution in [0.2, 0.25) is 0 Å². The van der Waals surface area contributed by atoms with Gasteiger partial charge in [0.15, 0.2) is 11.5 Å². The molecule has 0 aromatic heterocycles. The minimum atomic E-state index is 0.338. The summed E-state index contributed by atoms with van der Waals surface area (Å²) in [7, 11) is 0. The first kappa shape index (κ1) is 11.1. The van der Waals surface area contributed by atoms with Gasteiger partial charge < -0.3 is 9.47 Å². The Labute approximate surface area is 96.9 Å². The number of hydrogen-bond donors (Lipinski definition) is 0. The average Bonchev–Trinajstić information content (AvgIpc) is 2.62. The van der Waals surface area contributed by atoms with E-state index in [9.17, 15) is 0 Å². The highest BCUT2D eigenvalue weighted by molar-refractivity contribution is 5.56. The van der Waals surface area contributed by atoms with Crippen molar-refractivity contribution in [1.29, 1.82) is 0 Å². The molecule has 1 aromatic rings. The molecule has 2 rings (SSSR count). The Balaban J connectivity index is 2.05.